The molecular weight excluding hydrogens is 288 g/mol. The molecule has 0 aromatic heterocycles. The summed E-state index contributed by atoms with van der Waals surface area (Å²) in [6.45, 7) is 11.7. The van der Waals surface area contributed by atoms with Crippen molar-refractivity contribution in [3.8, 4) is 0 Å². The van der Waals surface area contributed by atoms with Crippen LogP contribution in [0.3, 0.4) is 0 Å². The summed E-state index contributed by atoms with van der Waals surface area (Å²) in [7, 11) is 0. The number of benzene rings is 1. The predicted octanol–water partition coefficient (Wildman–Crippen LogP) is 3.28. The van der Waals surface area contributed by atoms with Crippen molar-refractivity contribution in [2.24, 2.45) is 4.99 Å². The van der Waals surface area contributed by atoms with Gasteiger partial charge in [0.05, 0.1) is 6.54 Å². The molecule has 0 aliphatic rings. The lowest BCUT2D eigenvalue weighted by Gasteiger charge is -2.23. The topological polar surface area (TPSA) is 65.5 Å². The zero-order valence-corrected chi connectivity index (χ0v) is 15.0. The van der Waals surface area contributed by atoms with Crippen LogP contribution in [-0.2, 0) is 11.3 Å². The number of hydrogen-bond donors (Lipinski definition) is 3. The van der Waals surface area contributed by atoms with Gasteiger partial charge in [0.2, 0.25) is 5.91 Å². The molecule has 1 amide bonds. The molecule has 1 aromatic carbocycles. The zero-order valence-electron chi connectivity index (χ0n) is 15.0. The normalized spacial score (nSPS) is 12.0. The largest absolute Gasteiger partial charge is 0.357 e. The SMILES string of the molecule is CCCC(=O)Nc1cccc(CN=C(NCC)NC(C)(C)C)c1. The maximum Gasteiger partial charge on any atom is 0.224 e. The van der Waals surface area contributed by atoms with Crippen LogP contribution in [0.25, 0.3) is 0 Å². The van der Waals surface area contributed by atoms with Gasteiger partial charge in [-0.15, -0.1) is 0 Å². The minimum Gasteiger partial charge on any atom is -0.357 e. The standard InChI is InChI=1S/C18H30N4O/c1-6-9-16(23)21-15-11-8-10-14(12-15)13-20-17(19-7-2)22-18(3,4)5/h8,10-12H,6-7,9,13H2,1-5H3,(H,21,23)(H2,19,20,22). The molecule has 0 saturated carbocycles. The van der Waals surface area contributed by atoms with Gasteiger partial charge in [-0.2, -0.15) is 0 Å². The Balaban J connectivity index is 2.74. The second-order valence-electron chi connectivity index (χ2n) is 6.57. The third-order valence-electron chi connectivity index (χ3n) is 2.95. The quantitative estimate of drug-likeness (QED) is 0.557. The fourth-order valence-electron chi connectivity index (χ4n) is 2.03. The molecule has 5 nitrogen and oxygen atoms in total. The van der Waals surface area contributed by atoms with E-state index in [0.29, 0.717) is 13.0 Å². The van der Waals surface area contributed by atoms with Crippen molar-refractivity contribution in [1.29, 1.82) is 0 Å². The number of aliphatic imine (C=N–C) groups is 1. The summed E-state index contributed by atoms with van der Waals surface area (Å²) in [6.07, 6.45) is 1.39. The number of carbonyl (C=O) groups excluding carboxylic acids is 1. The van der Waals surface area contributed by atoms with Gasteiger partial charge in [-0.05, 0) is 51.8 Å². The Kier molecular flexibility index (Phi) is 7.59. The van der Waals surface area contributed by atoms with Crippen molar-refractivity contribution in [2.45, 2.75) is 59.5 Å². The minimum atomic E-state index is -0.0447. The minimum absolute atomic E-state index is 0.0447. The molecule has 23 heavy (non-hydrogen) atoms. The van der Waals surface area contributed by atoms with E-state index in [0.717, 1.165) is 30.2 Å². The third-order valence-corrected chi connectivity index (χ3v) is 2.95. The highest BCUT2D eigenvalue weighted by Gasteiger charge is 2.11. The maximum absolute atomic E-state index is 11.7. The van der Waals surface area contributed by atoms with Gasteiger partial charge in [-0.3, -0.25) is 4.79 Å². The average Bonchev–Trinajstić information content (AvgIpc) is 2.44. The summed E-state index contributed by atoms with van der Waals surface area (Å²) in [5.74, 6) is 0.844. The van der Waals surface area contributed by atoms with Crippen LogP contribution in [-0.4, -0.2) is 24.0 Å². The first kappa shape index (κ1) is 19.0. The molecule has 1 rings (SSSR count). The highest BCUT2D eigenvalue weighted by atomic mass is 16.1. The van der Waals surface area contributed by atoms with E-state index >= 15 is 0 Å². The fourth-order valence-corrected chi connectivity index (χ4v) is 2.03. The van der Waals surface area contributed by atoms with Crippen LogP contribution in [0, 0.1) is 0 Å². The molecule has 0 aliphatic heterocycles. The second-order valence-corrected chi connectivity index (χ2v) is 6.57. The molecule has 0 aliphatic carbocycles. The Bertz CT molecular complexity index is 532. The van der Waals surface area contributed by atoms with Crippen molar-refractivity contribution in [2.75, 3.05) is 11.9 Å². The van der Waals surface area contributed by atoms with Gasteiger partial charge in [0.1, 0.15) is 0 Å². The molecule has 5 heteroatoms. The van der Waals surface area contributed by atoms with Gasteiger partial charge in [0.15, 0.2) is 5.96 Å². The van der Waals surface area contributed by atoms with E-state index in [9.17, 15) is 4.79 Å². The van der Waals surface area contributed by atoms with E-state index in [2.05, 4.69) is 41.7 Å². The first-order valence-electron chi connectivity index (χ1n) is 8.29. The van der Waals surface area contributed by atoms with E-state index in [4.69, 9.17) is 0 Å². The van der Waals surface area contributed by atoms with Crippen LogP contribution >= 0.6 is 0 Å². The Morgan fingerprint density at radius 1 is 1.22 bits per heavy atom. The number of carbonyl (C=O) groups is 1. The molecule has 128 valence electrons. The molecule has 0 spiro atoms. The fraction of sp³-hybridized carbons (Fsp3) is 0.556. The van der Waals surface area contributed by atoms with Crippen molar-refractivity contribution < 1.29 is 4.79 Å². The molecule has 0 radical (unpaired) electrons. The van der Waals surface area contributed by atoms with Crippen molar-refractivity contribution in [3.63, 3.8) is 0 Å². The van der Waals surface area contributed by atoms with Gasteiger partial charge >= 0.3 is 0 Å². The summed E-state index contributed by atoms with van der Waals surface area (Å²) in [6, 6.07) is 7.83. The van der Waals surface area contributed by atoms with Crippen LogP contribution in [0.2, 0.25) is 0 Å². The summed E-state index contributed by atoms with van der Waals surface area (Å²) >= 11 is 0. The summed E-state index contributed by atoms with van der Waals surface area (Å²) in [5, 5.41) is 9.52. The first-order chi connectivity index (χ1) is 10.8. The van der Waals surface area contributed by atoms with Crippen molar-refractivity contribution in [1.82, 2.24) is 10.6 Å². The van der Waals surface area contributed by atoms with Gasteiger partial charge in [0.25, 0.3) is 0 Å². The van der Waals surface area contributed by atoms with Crippen LogP contribution in [0.15, 0.2) is 29.3 Å². The number of amides is 1. The van der Waals surface area contributed by atoms with Gasteiger partial charge in [-0.25, -0.2) is 4.99 Å². The van der Waals surface area contributed by atoms with Crippen LogP contribution in [0.5, 0.6) is 0 Å². The zero-order chi connectivity index (χ0) is 17.3. The Labute approximate surface area is 140 Å². The lowest BCUT2D eigenvalue weighted by Crippen LogP contribution is -2.47. The number of anilines is 1. The first-order valence-corrected chi connectivity index (χ1v) is 8.29. The highest BCUT2D eigenvalue weighted by Crippen LogP contribution is 2.12. The smallest absolute Gasteiger partial charge is 0.224 e. The van der Waals surface area contributed by atoms with Gasteiger partial charge < -0.3 is 16.0 Å². The monoisotopic (exact) mass is 318 g/mol. The molecule has 0 bridgehead atoms. The van der Waals surface area contributed by atoms with E-state index in [1.54, 1.807) is 0 Å². The summed E-state index contributed by atoms with van der Waals surface area (Å²) < 4.78 is 0. The summed E-state index contributed by atoms with van der Waals surface area (Å²) in [5.41, 5.74) is 1.84. The van der Waals surface area contributed by atoms with E-state index in [1.165, 1.54) is 0 Å². The summed E-state index contributed by atoms with van der Waals surface area (Å²) in [4.78, 5) is 16.3. The van der Waals surface area contributed by atoms with Gasteiger partial charge in [-0.1, -0.05) is 19.1 Å². The number of hydrogen-bond acceptors (Lipinski definition) is 2. The number of rotatable bonds is 6. The average molecular weight is 318 g/mol. The lowest BCUT2D eigenvalue weighted by atomic mass is 10.1. The predicted molar refractivity (Wildman–Crippen MR) is 97.7 cm³/mol. The Morgan fingerprint density at radius 3 is 2.57 bits per heavy atom. The molecule has 0 saturated heterocycles. The molecule has 0 atom stereocenters. The highest BCUT2D eigenvalue weighted by molar-refractivity contribution is 5.90. The van der Waals surface area contributed by atoms with Crippen molar-refractivity contribution >= 4 is 17.6 Å². The molecular formula is C18H30N4O. The van der Waals surface area contributed by atoms with Crippen LogP contribution in [0.1, 0.15) is 53.0 Å². The molecule has 0 fully saturated rings. The molecule has 0 heterocycles. The van der Waals surface area contributed by atoms with E-state index in [-0.39, 0.29) is 11.4 Å². The number of nitrogens with one attached hydrogen (secondary N) is 3. The maximum atomic E-state index is 11.7. The van der Waals surface area contributed by atoms with Crippen LogP contribution < -0.4 is 16.0 Å². The Hall–Kier alpha value is -2.04. The molecule has 3 N–H and O–H groups in total. The van der Waals surface area contributed by atoms with Crippen LogP contribution in [0.4, 0.5) is 5.69 Å². The Morgan fingerprint density at radius 2 is 1.96 bits per heavy atom. The lowest BCUT2D eigenvalue weighted by molar-refractivity contribution is -0.116. The van der Waals surface area contributed by atoms with Crippen molar-refractivity contribution in [3.05, 3.63) is 29.8 Å². The third kappa shape index (κ3) is 8.24. The van der Waals surface area contributed by atoms with E-state index < -0.39 is 0 Å². The second kappa shape index (κ2) is 9.18. The number of guanidine groups is 1. The molecule has 0 unspecified atom stereocenters. The molecule has 1 aromatic rings. The van der Waals surface area contributed by atoms with E-state index in [1.807, 2.05) is 38.1 Å². The van der Waals surface area contributed by atoms with Gasteiger partial charge in [0, 0.05) is 24.2 Å². The number of nitrogens with zero attached hydrogens (tertiary/aromatic N) is 1.